The zero-order valence-electron chi connectivity index (χ0n) is 13.6. The molecule has 2 heterocycles. The van der Waals surface area contributed by atoms with E-state index in [1.807, 2.05) is 6.07 Å². The van der Waals surface area contributed by atoms with Crippen molar-refractivity contribution in [3.8, 4) is 0 Å². The molecule has 1 aliphatic rings. The number of hydrogen-bond acceptors (Lipinski definition) is 3. The Morgan fingerprint density at radius 2 is 1.85 bits per heavy atom. The third-order valence-corrected chi connectivity index (χ3v) is 4.53. The highest BCUT2D eigenvalue weighted by molar-refractivity contribution is 9.10. The van der Waals surface area contributed by atoms with Crippen LogP contribution in [0.4, 0.5) is 29.5 Å². The summed E-state index contributed by atoms with van der Waals surface area (Å²) in [4.78, 5) is 19.4. The third kappa shape index (κ3) is 4.27. The van der Waals surface area contributed by atoms with Gasteiger partial charge in [0.25, 0.3) is 0 Å². The van der Waals surface area contributed by atoms with Crippen LogP contribution in [-0.4, -0.2) is 42.1 Å². The van der Waals surface area contributed by atoms with Crippen LogP contribution >= 0.6 is 15.9 Å². The number of carbonyl (C=O) groups is 1. The highest BCUT2D eigenvalue weighted by Crippen LogP contribution is 2.35. The lowest BCUT2D eigenvalue weighted by Gasteiger charge is -2.36. The second-order valence-corrected chi connectivity index (χ2v) is 6.70. The van der Waals surface area contributed by atoms with Crippen molar-refractivity contribution < 1.29 is 18.0 Å². The fraction of sp³-hybridized carbons (Fsp3) is 0.294. The van der Waals surface area contributed by atoms with Crippen LogP contribution in [0.5, 0.6) is 0 Å². The summed E-state index contributed by atoms with van der Waals surface area (Å²) in [6, 6.07) is 9.21. The molecule has 1 saturated heterocycles. The summed E-state index contributed by atoms with van der Waals surface area (Å²) in [6.07, 6.45) is -3.12. The maximum absolute atomic E-state index is 13.1. The largest absolute Gasteiger partial charge is 0.419 e. The number of carbonyl (C=O) groups excluding carboxylic acids is 1. The van der Waals surface area contributed by atoms with Crippen LogP contribution in [0.2, 0.25) is 0 Å². The van der Waals surface area contributed by atoms with Crippen LogP contribution in [0.1, 0.15) is 5.56 Å². The molecule has 1 N–H and O–H groups in total. The number of alkyl halides is 3. The van der Waals surface area contributed by atoms with E-state index in [-0.39, 0.29) is 24.9 Å². The molecule has 26 heavy (non-hydrogen) atoms. The zero-order chi connectivity index (χ0) is 18.7. The number of halogens is 4. The summed E-state index contributed by atoms with van der Waals surface area (Å²) in [7, 11) is 0. The molecule has 0 atom stereocenters. The Labute approximate surface area is 156 Å². The molecule has 1 aromatic heterocycles. The Hall–Kier alpha value is -2.29. The lowest BCUT2D eigenvalue weighted by atomic mass is 10.2. The van der Waals surface area contributed by atoms with Crippen molar-refractivity contribution in [2.75, 3.05) is 36.4 Å². The van der Waals surface area contributed by atoms with Gasteiger partial charge >= 0.3 is 12.2 Å². The second kappa shape index (κ2) is 7.53. The Morgan fingerprint density at radius 3 is 2.50 bits per heavy atom. The van der Waals surface area contributed by atoms with Gasteiger partial charge in [0.1, 0.15) is 5.82 Å². The van der Waals surface area contributed by atoms with Crippen molar-refractivity contribution in [1.82, 2.24) is 9.88 Å². The average Bonchev–Trinajstić information content (AvgIpc) is 2.61. The molecule has 1 fully saturated rings. The highest BCUT2D eigenvalue weighted by atomic mass is 79.9. The molecule has 3 rings (SSSR count). The number of nitrogens with one attached hydrogen (secondary N) is 1. The smallest absolute Gasteiger partial charge is 0.353 e. The minimum atomic E-state index is -4.46. The van der Waals surface area contributed by atoms with Gasteiger partial charge in [0.2, 0.25) is 0 Å². The van der Waals surface area contributed by atoms with E-state index in [1.165, 1.54) is 12.3 Å². The van der Waals surface area contributed by atoms with Crippen LogP contribution in [-0.2, 0) is 6.18 Å². The van der Waals surface area contributed by atoms with Gasteiger partial charge in [-0.1, -0.05) is 22.0 Å². The van der Waals surface area contributed by atoms with Crippen molar-refractivity contribution in [1.29, 1.82) is 0 Å². The molecule has 1 aromatic carbocycles. The molecule has 0 radical (unpaired) electrons. The van der Waals surface area contributed by atoms with Gasteiger partial charge in [0.05, 0.1) is 5.56 Å². The predicted octanol–water partition coefficient (Wildman–Crippen LogP) is 4.22. The van der Waals surface area contributed by atoms with Crippen LogP contribution in [0, 0.1) is 0 Å². The monoisotopic (exact) mass is 428 g/mol. The van der Waals surface area contributed by atoms with E-state index in [0.29, 0.717) is 18.8 Å². The van der Waals surface area contributed by atoms with Gasteiger partial charge < -0.3 is 15.1 Å². The van der Waals surface area contributed by atoms with Crippen LogP contribution < -0.4 is 10.2 Å². The van der Waals surface area contributed by atoms with E-state index in [9.17, 15) is 18.0 Å². The molecule has 0 spiro atoms. The number of piperazine rings is 1. The van der Waals surface area contributed by atoms with Crippen LogP contribution in [0.25, 0.3) is 0 Å². The standard InChI is InChI=1S/C17H16BrF3N4O/c18-12-3-1-4-13(11-12)23-16(26)25-9-7-24(8-10-25)15-14(17(19,20)21)5-2-6-22-15/h1-6,11H,7-10H2,(H,23,26). The minimum Gasteiger partial charge on any atom is -0.353 e. The summed E-state index contributed by atoms with van der Waals surface area (Å²) in [5.41, 5.74) is -0.108. The van der Waals surface area contributed by atoms with E-state index >= 15 is 0 Å². The maximum atomic E-state index is 13.1. The van der Waals surface area contributed by atoms with Crippen molar-refractivity contribution in [3.05, 3.63) is 52.6 Å². The lowest BCUT2D eigenvalue weighted by Crippen LogP contribution is -2.50. The van der Waals surface area contributed by atoms with Gasteiger partial charge in [-0.2, -0.15) is 13.2 Å². The molecule has 0 saturated carbocycles. The van der Waals surface area contributed by atoms with Crippen molar-refractivity contribution in [2.45, 2.75) is 6.18 Å². The number of urea groups is 1. The van der Waals surface area contributed by atoms with Crippen molar-refractivity contribution in [3.63, 3.8) is 0 Å². The molecule has 2 amide bonds. The van der Waals surface area contributed by atoms with Gasteiger partial charge in [-0.3, -0.25) is 0 Å². The molecule has 138 valence electrons. The quantitative estimate of drug-likeness (QED) is 0.778. The van der Waals surface area contributed by atoms with E-state index < -0.39 is 11.7 Å². The number of nitrogens with zero attached hydrogens (tertiary/aromatic N) is 3. The SMILES string of the molecule is O=C(Nc1cccc(Br)c1)N1CCN(c2ncccc2C(F)(F)F)CC1. The first-order valence-electron chi connectivity index (χ1n) is 7.93. The molecule has 0 bridgehead atoms. The van der Waals surface area contributed by atoms with Gasteiger partial charge in [-0.25, -0.2) is 9.78 Å². The van der Waals surface area contributed by atoms with Crippen LogP contribution in [0.3, 0.4) is 0 Å². The molecule has 5 nitrogen and oxygen atoms in total. The lowest BCUT2D eigenvalue weighted by molar-refractivity contribution is -0.137. The molecule has 9 heteroatoms. The Bertz CT molecular complexity index is 792. The number of pyridine rings is 1. The van der Waals surface area contributed by atoms with Gasteiger partial charge in [0.15, 0.2) is 0 Å². The van der Waals surface area contributed by atoms with E-state index in [1.54, 1.807) is 28.0 Å². The molecule has 0 unspecified atom stereocenters. The minimum absolute atomic E-state index is 0.0907. The van der Waals surface area contributed by atoms with Gasteiger partial charge in [-0.05, 0) is 30.3 Å². The topological polar surface area (TPSA) is 48.5 Å². The molecular formula is C17H16BrF3N4O. The van der Waals surface area contributed by atoms with Crippen molar-refractivity contribution in [2.24, 2.45) is 0 Å². The molecule has 2 aromatic rings. The van der Waals surface area contributed by atoms with Gasteiger partial charge in [-0.15, -0.1) is 0 Å². The normalized spacial score (nSPS) is 15.1. The van der Waals surface area contributed by atoms with Crippen LogP contribution in [0.15, 0.2) is 47.1 Å². The fourth-order valence-corrected chi connectivity index (χ4v) is 3.16. The van der Waals surface area contributed by atoms with E-state index in [4.69, 9.17) is 0 Å². The number of hydrogen-bond donors (Lipinski definition) is 1. The summed E-state index contributed by atoms with van der Waals surface area (Å²) in [6.45, 7) is 1.19. The maximum Gasteiger partial charge on any atom is 0.419 e. The number of amides is 2. The summed E-state index contributed by atoms with van der Waals surface area (Å²) in [5, 5.41) is 2.79. The zero-order valence-corrected chi connectivity index (χ0v) is 15.2. The van der Waals surface area contributed by atoms with E-state index in [2.05, 4.69) is 26.2 Å². The number of rotatable bonds is 2. The summed E-state index contributed by atoms with van der Waals surface area (Å²) >= 11 is 3.33. The predicted molar refractivity (Wildman–Crippen MR) is 96.2 cm³/mol. The number of benzene rings is 1. The number of aromatic nitrogens is 1. The first-order valence-corrected chi connectivity index (χ1v) is 8.72. The van der Waals surface area contributed by atoms with Gasteiger partial charge in [0, 0.05) is 42.5 Å². The highest BCUT2D eigenvalue weighted by Gasteiger charge is 2.36. The third-order valence-electron chi connectivity index (χ3n) is 4.03. The van der Waals surface area contributed by atoms with Crippen molar-refractivity contribution >= 4 is 33.5 Å². The average molecular weight is 429 g/mol. The summed E-state index contributed by atoms with van der Waals surface area (Å²) in [5.74, 6) is -0.0907. The molecule has 0 aliphatic carbocycles. The Kier molecular flexibility index (Phi) is 5.36. The van der Waals surface area contributed by atoms with E-state index in [0.717, 1.165) is 10.5 Å². The first-order chi connectivity index (χ1) is 12.3. The molecule has 1 aliphatic heterocycles. The number of anilines is 2. The Morgan fingerprint density at radius 1 is 1.12 bits per heavy atom. The first kappa shape index (κ1) is 18.5. The second-order valence-electron chi connectivity index (χ2n) is 5.79. The fourth-order valence-electron chi connectivity index (χ4n) is 2.76. The molecular weight excluding hydrogens is 413 g/mol. The Balaban J connectivity index is 1.64. The summed E-state index contributed by atoms with van der Waals surface area (Å²) < 4.78 is 40.3.